The van der Waals surface area contributed by atoms with Gasteiger partial charge in [0.1, 0.15) is 22.3 Å². The summed E-state index contributed by atoms with van der Waals surface area (Å²) >= 11 is 6.29. The Morgan fingerprint density at radius 3 is 2.37 bits per heavy atom. The number of morpholine rings is 1. The molecule has 2 aromatic rings. The maximum atomic E-state index is 13.7. The van der Waals surface area contributed by atoms with Crippen LogP contribution in [-0.4, -0.2) is 49.5 Å². The number of hydrogen-bond donors (Lipinski definition) is 0. The van der Waals surface area contributed by atoms with Crippen molar-refractivity contribution in [3.05, 3.63) is 47.4 Å². The molecular weight excluding hydrogens is 386 g/mol. The van der Waals surface area contributed by atoms with Gasteiger partial charge >= 0.3 is 0 Å². The lowest BCUT2D eigenvalue weighted by molar-refractivity contribution is 0.0742. The fraction of sp³-hybridized carbons (Fsp3) is 0.474. The average molecular weight is 409 g/mol. The molecule has 2 saturated heterocycles. The van der Waals surface area contributed by atoms with Gasteiger partial charge in [-0.3, -0.25) is 0 Å². The summed E-state index contributed by atoms with van der Waals surface area (Å²) in [7, 11) is -1.72. The van der Waals surface area contributed by atoms with Gasteiger partial charge in [0, 0.05) is 32.0 Å². The molecule has 2 aliphatic rings. The number of aromatic nitrogens is 2. The third-order valence-corrected chi connectivity index (χ3v) is 7.59. The Morgan fingerprint density at radius 1 is 1.00 bits per heavy atom. The minimum atomic E-state index is -1.72. The number of rotatable bonds is 4. The Balaban J connectivity index is 1.76. The second-order valence-electron chi connectivity index (χ2n) is 6.75. The summed E-state index contributed by atoms with van der Waals surface area (Å²) in [6.45, 7) is 3.95. The van der Waals surface area contributed by atoms with Gasteiger partial charge in [-0.05, 0) is 23.7 Å². The van der Waals surface area contributed by atoms with Gasteiger partial charge in [0.2, 0.25) is 5.28 Å². The molecule has 1 aromatic carbocycles. The van der Waals surface area contributed by atoms with Crippen LogP contribution >= 0.6 is 11.6 Å². The summed E-state index contributed by atoms with van der Waals surface area (Å²) in [5, 5.41) is 0.191. The van der Waals surface area contributed by atoms with Crippen molar-refractivity contribution in [2.45, 2.75) is 22.5 Å². The van der Waals surface area contributed by atoms with E-state index in [0.29, 0.717) is 39.3 Å². The van der Waals surface area contributed by atoms with E-state index in [1.54, 1.807) is 0 Å². The Hall–Kier alpha value is -1.54. The number of halogens is 1. The minimum Gasteiger partial charge on any atom is -0.381 e. The van der Waals surface area contributed by atoms with Crippen LogP contribution in [0, 0.1) is 0 Å². The fourth-order valence-electron chi connectivity index (χ4n) is 3.68. The molecule has 0 bridgehead atoms. The molecule has 2 fully saturated rings. The fourth-order valence-corrected chi connectivity index (χ4v) is 5.71. The molecule has 1 unspecified atom stereocenters. The van der Waals surface area contributed by atoms with Gasteiger partial charge in [-0.15, -0.1) is 4.21 Å². The first-order chi connectivity index (χ1) is 13.2. The second kappa shape index (κ2) is 8.22. The predicted molar refractivity (Wildman–Crippen MR) is 106 cm³/mol. The van der Waals surface area contributed by atoms with E-state index < -0.39 is 15.5 Å². The first-order valence-corrected chi connectivity index (χ1v) is 10.8. The van der Waals surface area contributed by atoms with Crippen molar-refractivity contribution in [3.63, 3.8) is 0 Å². The lowest BCUT2D eigenvalue weighted by Crippen LogP contribution is -2.40. The summed E-state index contributed by atoms with van der Waals surface area (Å²) in [6.07, 6.45) is 1.29. The highest BCUT2D eigenvalue weighted by Crippen LogP contribution is 2.41. The first-order valence-electron chi connectivity index (χ1n) is 9.17. The average Bonchev–Trinajstić information content (AvgIpc) is 2.74. The zero-order chi connectivity index (χ0) is 18.7. The van der Waals surface area contributed by atoms with E-state index in [0.717, 1.165) is 29.5 Å². The van der Waals surface area contributed by atoms with Crippen molar-refractivity contribution in [1.29, 1.82) is 0 Å². The molecule has 4 rings (SSSR count). The summed E-state index contributed by atoms with van der Waals surface area (Å²) in [6, 6.07) is 11.6. The molecule has 1 aromatic heterocycles. The van der Waals surface area contributed by atoms with Gasteiger partial charge in [0.15, 0.2) is 9.64 Å². The van der Waals surface area contributed by atoms with Crippen LogP contribution in [0.25, 0.3) is 0 Å². The van der Waals surface area contributed by atoms with Crippen molar-refractivity contribution in [2.24, 2.45) is 0 Å². The van der Waals surface area contributed by atoms with Crippen molar-refractivity contribution in [1.82, 2.24) is 9.97 Å². The topological polar surface area (TPSA) is 64.6 Å². The van der Waals surface area contributed by atoms with Gasteiger partial charge in [-0.1, -0.05) is 18.2 Å². The largest absolute Gasteiger partial charge is 0.381 e. The van der Waals surface area contributed by atoms with Crippen LogP contribution in [0.4, 0.5) is 5.82 Å². The molecule has 1 atom stereocenters. The molecule has 2 aliphatic heterocycles. The third kappa shape index (κ3) is 3.87. The Labute approximate surface area is 166 Å². The molecule has 3 heterocycles. The smallest absolute Gasteiger partial charge is 0.224 e. The van der Waals surface area contributed by atoms with Crippen LogP contribution in [0.3, 0.4) is 0 Å². The maximum absolute atomic E-state index is 13.7. The molecule has 27 heavy (non-hydrogen) atoms. The van der Waals surface area contributed by atoms with Crippen LogP contribution in [0.1, 0.15) is 18.5 Å². The van der Waals surface area contributed by atoms with Crippen LogP contribution in [0.2, 0.25) is 5.28 Å². The number of anilines is 1. The van der Waals surface area contributed by atoms with E-state index in [1.807, 2.05) is 36.4 Å². The van der Waals surface area contributed by atoms with E-state index in [-0.39, 0.29) is 5.28 Å². The number of benzene rings is 1. The molecule has 0 radical (unpaired) electrons. The lowest BCUT2D eigenvalue weighted by atomic mass is 9.94. The van der Waals surface area contributed by atoms with Crippen LogP contribution in [-0.2, 0) is 29.2 Å². The molecule has 0 saturated carbocycles. The van der Waals surface area contributed by atoms with Crippen LogP contribution < -0.4 is 4.90 Å². The second-order valence-corrected chi connectivity index (χ2v) is 9.05. The Kier molecular flexibility index (Phi) is 5.73. The zero-order valence-electron chi connectivity index (χ0n) is 15.0. The zero-order valence-corrected chi connectivity index (χ0v) is 16.7. The monoisotopic (exact) mass is 408 g/mol. The number of thiol groups is 1. The highest BCUT2D eigenvalue weighted by atomic mass is 35.5. The van der Waals surface area contributed by atoms with E-state index in [4.69, 9.17) is 21.1 Å². The Bertz CT molecular complexity index is 809. The summed E-state index contributed by atoms with van der Waals surface area (Å²) in [5.74, 6) is 0.774. The molecule has 0 aliphatic carbocycles. The van der Waals surface area contributed by atoms with Gasteiger partial charge in [-0.2, -0.15) is 0 Å². The van der Waals surface area contributed by atoms with Crippen molar-refractivity contribution in [2.75, 3.05) is 44.4 Å². The molecule has 0 amide bonds. The molecular formula is C19H23ClN3O3S+. The standard InChI is InChI=1S/C19H22ClN3O3S/c20-18-21-16(14-17(22-18)23-8-12-26-13-9-23)19(6-10-25-11-7-19)27(24)15-4-2-1-3-5-15/h1-5,14H,6-13H2/p+1. The van der Waals surface area contributed by atoms with E-state index in [2.05, 4.69) is 14.9 Å². The maximum Gasteiger partial charge on any atom is 0.224 e. The highest BCUT2D eigenvalue weighted by molar-refractivity contribution is 7.86. The molecule has 144 valence electrons. The van der Waals surface area contributed by atoms with Gasteiger partial charge < -0.3 is 14.4 Å². The number of hydrogen-bond acceptors (Lipinski definition) is 6. The van der Waals surface area contributed by atoms with Crippen LogP contribution in [0.15, 0.2) is 41.3 Å². The summed E-state index contributed by atoms with van der Waals surface area (Å²) < 4.78 is 24.1. The lowest BCUT2D eigenvalue weighted by Gasteiger charge is -2.33. The first kappa shape index (κ1) is 18.8. The van der Waals surface area contributed by atoms with Crippen molar-refractivity contribution < 1.29 is 13.7 Å². The Morgan fingerprint density at radius 2 is 1.67 bits per heavy atom. The minimum absolute atomic E-state index is 0.191. The van der Waals surface area contributed by atoms with Gasteiger partial charge in [0.05, 0.1) is 26.4 Å². The van der Waals surface area contributed by atoms with Crippen molar-refractivity contribution >= 4 is 28.2 Å². The van der Waals surface area contributed by atoms with E-state index >= 15 is 0 Å². The van der Waals surface area contributed by atoms with E-state index in [1.165, 1.54) is 0 Å². The third-order valence-electron chi connectivity index (χ3n) is 5.20. The van der Waals surface area contributed by atoms with Gasteiger partial charge in [0.25, 0.3) is 0 Å². The number of ether oxygens (including phenoxy) is 2. The normalized spacial score (nSPS) is 21.0. The predicted octanol–water partition coefficient (Wildman–Crippen LogP) is 2.73. The van der Waals surface area contributed by atoms with Crippen molar-refractivity contribution in [3.8, 4) is 0 Å². The van der Waals surface area contributed by atoms with Gasteiger partial charge in [-0.25, -0.2) is 9.97 Å². The van der Waals surface area contributed by atoms with E-state index in [9.17, 15) is 4.21 Å². The summed E-state index contributed by atoms with van der Waals surface area (Å²) in [4.78, 5) is 11.9. The molecule has 0 spiro atoms. The number of nitrogens with zero attached hydrogens (tertiary/aromatic N) is 3. The molecule has 8 heteroatoms. The van der Waals surface area contributed by atoms with Crippen LogP contribution in [0.5, 0.6) is 0 Å². The molecule has 6 nitrogen and oxygen atoms in total. The quantitative estimate of drug-likeness (QED) is 0.440. The SMILES string of the molecule is O=[SH+](c1ccccc1)C1(c2cc(N3CCOCC3)nc(Cl)n2)CCOCC1. The molecule has 0 N–H and O–H groups in total. The summed E-state index contributed by atoms with van der Waals surface area (Å²) in [5.41, 5.74) is 0.747. The highest BCUT2D eigenvalue weighted by Gasteiger charge is 2.48.